The van der Waals surface area contributed by atoms with Crippen LogP contribution < -0.4 is 9.47 Å². The van der Waals surface area contributed by atoms with Gasteiger partial charge < -0.3 is 9.47 Å². The van der Waals surface area contributed by atoms with Gasteiger partial charge in [0.05, 0.1) is 0 Å². The van der Waals surface area contributed by atoms with Gasteiger partial charge in [0.15, 0.2) is 4.58 Å². The van der Waals surface area contributed by atoms with Crippen LogP contribution in [0.1, 0.15) is 4.19 Å². The quantitative estimate of drug-likeness (QED) is 0.754. The fourth-order valence-corrected chi connectivity index (χ4v) is 6.98. The molecule has 0 fully saturated rings. The summed E-state index contributed by atoms with van der Waals surface area (Å²) in [5.41, 5.74) is 0. The molecule has 0 N–H and O–H groups in total. The summed E-state index contributed by atoms with van der Waals surface area (Å²) in [6.07, 6.45) is 2.11. The van der Waals surface area contributed by atoms with Crippen LogP contribution in [0.25, 0.3) is 0 Å². The Morgan fingerprint density at radius 1 is 1.38 bits per heavy atom. The smallest absolute Gasteiger partial charge is 0.360 e. The van der Waals surface area contributed by atoms with E-state index >= 15 is 0 Å². The number of hydrogen-bond donors (Lipinski definition) is 0. The van der Waals surface area contributed by atoms with E-state index in [1.54, 1.807) is 46.2 Å². The number of rotatable bonds is 2. The van der Waals surface area contributed by atoms with Gasteiger partial charge in [0, 0.05) is 4.24 Å². The van der Waals surface area contributed by atoms with Gasteiger partial charge in [0.1, 0.15) is 35.9 Å². The van der Waals surface area contributed by atoms with Crippen LogP contribution in [0.15, 0.2) is 9.65 Å². The molecular weight excluding hydrogens is 300 g/mol. The third-order valence-electron chi connectivity index (χ3n) is 1.91. The number of thioether (sulfide) groups is 3. The molecular formula is C9H8O2S5+. The lowest BCUT2D eigenvalue weighted by atomic mass is 10.7. The topological polar surface area (TPSA) is 18.5 Å². The summed E-state index contributed by atoms with van der Waals surface area (Å²) >= 11 is 8.82. The number of hydrogen-bond acceptors (Lipinski definition) is 6. The Morgan fingerprint density at radius 3 is 3.00 bits per heavy atom. The molecule has 0 bridgehead atoms. The van der Waals surface area contributed by atoms with E-state index in [9.17, 15) is 0 Å². The van der Waals surface area contributed by atoms with Crippen LogP contribution in [0.2, 0.25) is 0 Å². The minimum absolute atomic E-state index is 0.670. The van der Waals surface area contributed by atoms with Gasteiger partial charge in [-0.25, -0.2) is 0 Å². The fourth-order valence-electron chi connectivity index (χ4n) is 1.22. The summed E-state index contributed by atoms with van der Waals surface area (Å²) in [7, 11) is 0. The van der Waals surface area contributed by atoms with Gasteiger partial charge in [-0.3, -0.25) is 0 Å². The van der Waals surface area contributed by atoms with E-state index in [2.05, 4.69) is 11.7 Å². The van der Waals surface area contributed by atoms with E-state index in [1.165, 1.54) is 13.0 Å². The highest BCUT2D eigenvalue weighted by atomic mass is 32.2. The van der Waals surface area contributed by atoms with Crippen molar-refractivity contribution in [2.75, 3.05) is 19.5 Å². The van der Waals surface area contributed by atoms with Gasteiger partial charge in [-0.05, 0) is 11.7 Å². The van der Waals surface area contributed by atoms with Gasteiger partial charge in [0.25, 0.3) is 4.19 Å². The Balaban J connectivity index is 1.78. The molecule has 0 saturated carbocycles. The molecule has 1 aromatic rings. The van der Waals surface area contributed by atoms with Crippen molar-refractivity contribution in [2.24, 2.45) is 0 Å². The third kappa shape index (κ3) is 2.20. The van der Waals surface area contributed by atoms with Crippen LogP contribution >= 0.6 is 58.0 Å². The molecule has 1 radical (unpaired) electrons. The molecule has 0 atom stereocenters. The van der Waals surface area contributed by atoms with E-state index in [4.69, 9.17) is 9.47 Å². The molecule has 0 spiro atoms. The third-order valence-corrected chi connectivity index (χ3v) is 8.40. The summed E-state index contributed by atoms with van der Waals surface area (Å²) in [4.78, 5) is 0. The predicted octanol–water partition coefficient (Wildman–Crippen LogP) is 4.34. The van der Waals surface area contributed by atoms with Crippen molar-refractivity contribution in [1.82, 2.24) is 0 Å². The highest BCUT2D eigenvalue weighted by Gasteiger charge is 2.37. The molecule has 0 amide bonds. The van der Waals surface area contributed by atoms with E-state index in [1.807, 2.05) is 11.8 Å². The first kappa shape index (κ1) is 11.5. The van der Waals surface area contributed by atoms with Crippen LogP contribution in [-0.4, -0.2) is 19.5 Å². The second kappa shape index (κ2) is 4.97. The maximum absolute atomic E-state index is 5.57. The zero-order valence-corrected chi connectivity index (χ0v) is 12.4. The van der Waals surface area contributed by atoms with Gasteiger partial charge in [0.2, 0.25) is 0 Å². The second-order valence-corrected chi connectivity index (χ2v) is 8.43. The molecule has 0 saturated heterocycles. The lowest BCUT2D eigenvalue weighted by Crippen LogP contribution is -2.12. The molecule has 1 aromatic heterocycles. The summed E-state index contributed by atoms with van der Waals surface area (Å²) in [6.45, 7) is 1.34. The highest BCUT2D eigenvalue weighted by molar-refractivity contribution is 8.34. The second-order valence-electron chi connectivity index (χ2n) is 2.91. The van der Waals surface area contributed by atoms with E-state index in [-0.39, 0.29) is 0 Å². The molecule has 2 aliphatic heterocycles. The molecule has 2 aliphatic rings. The Bertz CT molecular complexity index is 404. The standard InChI is InChI=1S/C9H8O2S5/c1-12-5-4-13-8(14-5)9-15-6-7(16-9)11-3-2-10-6/h4H,2-3H2,1H3/q+1. The zero-order chi connectivity index (χ0) is 11.0. The van der Waals surface area contributed by atoms with E-state index in [0.717, 1.165) is 10.1 Å². The predicted molar refractivity (Wildman–Crippen MR) is 76.7 cm³/mol. The molecule has 0 aliphatic carbocycles. The van der Waals surface area contributed by atoms with Crippen molar-refractivity contribution in [3.63, 3.8) is 0 Å². The SMILES string of the molecule is CSC1=CS[C](c2sc3c([s+]2)OCCO3)S1. The van der Waals surface area contributed by atoms with Crippen molar-refractivity contribution in [2.45, 2.75) is 0 Å². The van der Waals surface area contributed by atoms with Crippen molar-refractivity contribution in [1.29, 1.82) is 0 Å². The van der Waals surface area contributed by atoms with Crippen molar-refractivity contribution in [3.8, 4) is 10.1 Å². The monoisotopic (exact) mass is 308 g/mol. The molecule has 0 unspecified atom stereocenters. The van der Waals surface area contributed by atoms with Crippen LogP contribution in [-0.2, 0) is 0 Å². The number of ether oxygens (including phenoxy) is 2. The van der Waals surface area contributed by atoms with Crippen LogP contribution in [0.5, 0.6) is 10.1 Å². The first-order valence-electron chi connectivity index (χ1n) is 4.55. The van der Waals surface area contributed by atoms with Gasteiger partial charge >= 0.3 is 10.1 Å². The first-order chi connectivity index (χ1) is 7.86. The minimum atomic E-state index is 0.670. The van der Waals surface area contributed by atoms with Gasteiger partial charge in [-0.1, -0.05) is 11.8 Å². The maximum Gasteiger partial charge on any atom is 0.360 e. The van der Waals surface area contributed by atoms with E-state index < -0.39 is 0 Å². The molecule has 3 heterocycles. The van der Waals surface area contributed by atoms with E-state index in [0.29, 0.717) is 13.2 Å². The van der Waals surface area contributed by atoms with Gasteiger partial charge in [-0.15, -0.1) is 23.5 Å². The van der Waals surface area contributed by atoms with Crippen molar-refractivity contribution >= 4 is 58.0 Å². The normalized spacial score (nSPS) is 19.9. The number of fused-ring (bicyclic) bond motifs is 1. The Labute approximate surface area is 115 Å². The first-order valence-corrected chi connectivity index (χ1v) is 9.11. The molecule has 3 rings (SSSR count). The molecule has 2 nitrogen and oxygen atoms in total. The highest BCUT2D eigenvalue weighted by Crippen LogP contribution is 2.58. The average Bonchev–Trinajstić information content (AvgIpc) is 2.95. The Hall–Kier alpha value is 0.440. The maximum atomic E-state index is 5.57. The average molecular weight is 308 g/mol. The van der Waals surface area contributed by atoms with Crippen molar-refractivity contribution < 1.29 is 9.47 Å². The Morgan fingerprint density at radius 2 is 2.25 bits per heavy atom. The largest absolute Gasteiger partial charge is 0.459 e. The molecule has 7 heteroatoms. The van der Waals surface area contributed by atoms with Crippen LogP contribution in [0.3, 0.4) is 0 Å². The lowest BCUT2D eigenvalue weighted by Gasteiger charge is -2.06. The molecule has 85 valence electrons. The zero-order valence-electron chi connectivity index (χ0n) is 8.35. The Kier molecular flexibility index (Phi) is 3.58. The lowest BCUT2D eigenvalue weighted by molar-refractivity contribution is 0.183. The fraction of sp³-hybridized carbons (Fsp3) is 0.333. The molecule has 16 heavy (non-hydrogen) atoms. The summed E-state index contributed by atoms with van der Waals surface area (Å²) < 4.78 is 15.1. The minimum Gasteiger partial charge on any atom is -0.459 e. The summed E-state index contributed by atoms with van der Waals surface area (Å²) in [5.74, 6) is 0. The van der Waals surface area contributed by atoms with Gasteiger partial charge in [-0.2, -0.15) is 0 Å². The van der Waals surface area contributed by atoms with Crippen molar-refractivity contribution in [3.05, 3.63) is 18.4 Å². The van der Waals surface area contributed by atoms with Crippen LogP contribution in [0, 0.1) is 4.58 Å². The summed E-state index contributed by atoms with van der Waals surface area (Å²) in [6, 6.07) is 0. The summed E-state index contributed by atoms with van der Waals surface area (Å²) in [5, 5.41) is 4.09. The molecule has 0 aromatic carbocycles. The van der Waals surface area contributed by atoms with Crippen LogP contribution in [0.4, 0.5) is 0 Å².